The minimum atomic E-state index is -0.363. The summed E-state index contributed by atoms with van der Waals surface area (Å²) in [6, 6.07) is 1.49. The first-order valence-corrected chi connectivity index (χ1v) is 4.85. The molecule has 0 aliphatic rings. The van der Waals surface area contributed by atoms with Crippen LogP contribution in [-0.2, 0) is 0 Å². The van der Waals surface area contributed by atoms with Crippen LogP contribution in [0.2, 0.25) is 0 Å². The van der Waals surface area contributed by atoms with Gasteiger partial charge in [0.1, 0.15) is 0 Å². The molecule has 0 radical (unpaired) electrons. The molecule has 1 atom stereocenters. The minimum absolute atomic E-state index is 0.0959. The van der Waals surface area contributed by atoms with Crippen molar-refractivity contribution in [3.63, 3.8) is 0 Å². The molecule has 1 rings (SSSR count). The van der Waals surface area contributed by atoms with E-state index < -0.39 is 0 Å². The lowest BCUT2D eigenvalue weighted by Crippen LogP contribution is -2.21. The van der Waals surface area contributed by atoms with Gasteiger partial charge in [-0.15, -0.1) is 0 Å². The highest BCUT2D eigenvalue weighted by atomic mass is 16.5. The quantitative estimate of drug-likeness (QED) is 0.694. The number of methoxy groups -OCH3 is 1. The van der Waals surface area contributed by atoms with E-state index in [4.69, 9.17) is 16.2 Å². The molecule has 1 aromatic carbocycles. The first kappa shape index (κ1) is 11.8. The highest BCUT2D eigenvalue weighted by Crippen LogP contribution is 2.37. The first-order chi connectivity index (χ1) is 7.02. The molecular weight excluding hydrogens is 192 g/mol. The van der Waals surface area contributed by atoms with E-state index >= 15 is 0 Å². The highest BCUT2D eigenvalue weighted by Gasteiger charge is 2.17. The van der Waals surface area contributed by atoms with Crippen molar-refractivity contribution in [3.8, 4) is 11.5 Å². The highest BCUT2D eigenvalue weighted by molar-refractivity contribution is 5.55. The van der Waals surface area contributed by atoms with E-state index in [-0.39, 0.29) is 11.8 Å². The summed E-state index contributed by atoms with van der Waals surface area (Å²) in [5.41, 5.74) is 13.9. The van der Waals surface area contributed by atoms with Crippen LogP contribution in [0.25, 0.3) is 0 Å². The number of phenols is 1. The molecule has 0 saturated carbocycles. The Balaban J connectivity index is 3.36. The van der Waals surface area contributed by atoms with Gasteiger partial charge in [0, 0.05) is 18.2 Å². The van der Waals surface area contributed by atoms with Crippen LogP contribution in [0.1, 0.15) is 22.7 Å². The van der Waals surface area contributed by atoms with E-state index in [1.165, 1.54) is 7.11 Å². The third-order valence-electron chi connectivity index (χ3n) is 2.65. The first-order valence-electron chi connectivity index (χ1n) is 4.85. The SMILES string of the molecule is COc1c(C)c(C)cc([C@H](N)CN)c1O. The van der Waals surface area contributed by atoms with Crippen LogP contribution in [0.5, 0.6) is 11.5 Å². The molecule has 0 aliphatic heterocycles. The van der Waals surface area contributed by atoms with Crippen LogP contribution < -0.4 is 16.2 Å². The molecule has 15 heavy (non-hydrogen) atoms. The maximum absolute atomic E-state index is 9.94. The van der Waals surface area contributed by atoms with Gasteiger partial charge in [0.25, 0.3) is 0 Å². The van der Waals surface area contributed by atoms with Gasteiger partial charge in [-0.05, 0) is 25.0 Å². The largest absolute Gasteiger partial charge is 0.504 e. The average molecular weight is 210 g/mol. The fourth-order valence-corrected chi connectivity index (χ4v) is 1.56. The lowest BCUT2D eigenvalue weighted by Gasteiger charge is -2.17. The van der Waals surface area contributed by atoms with Crippen molar-refractivity contribution in [3.05, 3.63) is 22.8 Å². The zero-order chi connectivity index (χ0) is 11.6. The Kier molecular flexibility index (Phi) is 3.55. The lowest BCUT2D eigenvalue weighted by molar-refractivity contribution is 0.365. The van der Waals surface area contributed by atoms with Crippen LogP contribution >= 0.6 is 0 Å². The zero-order valence-electron chi connectivity index (χ0n) is 9.37. The van der Waals surface area contributed by atoms with E-state index in [1.54, 1.807) is 0 Å². The second-order valence-corrected chi connectivity index (χ2v) is 3.63. The molecule has 84 valence electrons. The lowest BCUT2D eigenvalue weighted by atomic mass is 9.99. The van der Waals surface area contributed by atoms with E-state index in [1.807, 2.05) is 19.9 Å². The molecule has 0 bridgehead atoms. The molecule has 0 spiro atoms. The second kappa shape index (κ2) is 4.51. The van der Waals surface area contributed by atoms with Crippen molar-refractivity contribution >= 4 is 0 Å². The number of nitrogens with two attached hydrogens (primary N) is 2. The monoisotopic (exact) mass is 210 g/mol. The number of rotatable bonds is 3. The molecule has 4 nitrogen and oxygen atoms in total. The van der Waals surface area contributed by atoms with Crippen molar-refractivity contribution in [2.24, 2.45) is 11.5 Å². The van der Waals surface area contributed by atoms with Gasteiger partial charge in [0.05, 0.1) is 7.11 Å². The normalized spacial score (nSPS) is 12.6. The summed E-state index contributed by atoms with van der Waals surface area (Å²) in [6.07, 6.45) is 0. The third kappa shape index (κ3) is 2.06. The Morgan fingerprint density at radius 1 is 1.47 bits per heavy atom. The molecule has 5 N–H and O–H groups in total. The summed E-state index contributed by atoms with van der Waals surface area (Å²) in [7, 11) is 1.53. The summed E-state index contributed by atoms with van der Waals surface area (Å²) >= 11 is 0. The minimum Gasteiger partial charge on any atom is -0.504 e. The van der Waals surface area contributed by atoms with Gasteiger partial charge in [-0.1, -0.05) is 6.07 Å². The van der Waals surface area contributed by atoms with Gasteiger partial charge in [-0.3, -0.25) is 0 Å². The molecule has 0 aromatic heterocycles. The number of aryl methyl sites for hydroxylation is 1. The van der Waals surface area contributed by atoms with E-state index in [0.29, 0.717) is 17.9 Å². The van der Waals surface area contributed by atoms with E-state index in [9.17, 15) is 5.11 Å². The summed E-state index contributed by atoms with van der Waals surface area (Å²) in [6.45, 7) is 4.13. The second-order valence-electron chi connectivity index (χ2n) is 3.63. The molecule has 0 aliphatic carbocycles. The summed E-state index contributed by atoms with van der Waals surface area (Å²) in [4.78, 5) is 0. The summed E-state index contributed by atoms with van der Waals surface area (Å²) in [5, 5.41) is 9.94. The Hall–Kier alpha value is -1.26. The van der Waals surface area contributed by atoms with Crippen LogP contribution in [0.4, 0.5) is 0 Å². The number of benzene rings is 1. The fraction of sp³-hybridized carbons (Fsp3) is 0.455. The van der Waals surface area contributed by atoms with Crippen molar-refractivity contribution < 1.29 is 9.84 Å². The maximum atomic E-state index is 9.94. The topological polar surface area (TPSA) is 81.5 Å². The molecule has 4 heteroatoms. The van der Waals surface area contributed by atoms with Gasteiger partial charge in [-0.2, -0.15) is 0 Å². The van der Waals surface area contributed by atoms with Crippen molar-refractivity contribution in [1.82, 2.24) is 0 Å². The molecule has 1 aromatic rings. The van der Waals surface area contributed by atoms with Crippen molar-refractivity contribution in [2.75, 3.05) is 13.7 Å². The van der Waals surface area contributed by atoms with Crippen LogP contribution in [0.3, 0.4) is 0 Å². The van der Waals surface area contributed by atoms with Crippen LogP contribution in [0.15, 0.2) is 6.07 Å². The molecule has 0 fully saturated rings. The van der Waals surface area contributed by atoms with E-state index in [2.05, 4.69) is 0 Å². The Morgan fingerprint density at radius 3 is 2.53 bits per heavy atom. The van der Waals surface area contributed by atoms with Crippen LogP contribution in [-0.4, -0.2) is 18.8 Å². The number of aromatic hydroxyl groups is 1. The Labute approximate surface area is 89.8 Å². The fourth-order valence-electron chi connectivity index (χ4n) is 1.56. The van der Waals surface area contributed by atoms with Gasteiger partial charge < -0.3 is 21.3 Å². The van der Waals surface area contributed by atoms with Gasteiger partial charge >= 0.3 is 0 Å². The molecule has 0 unspecified atom stereocenters. The number of ether oxygens (including phenoxy) is 1. The molecule has 0 heterocycles. The maximum Gasteiger partial charge on any atom is 0.163 e. The third-order valence-corrected chi connectivity index (χ3v) is 2.65. The molecule has 0 saturated heterocycles. The predicted octanol–water partition coefficient (Wildman–Crippen LogP) is 0.976. The predicted molar refractivity (Wildman–Crippen MR) is 60.1 cm³/mol. The Bertz CT molecular complexity index is 364. The van der Waals surface area contributed by atoms with Crippen molar-refractivity contribution in [1.29, 1.82) is 0 Å². The summed E-state index contributed by atoms with van der Waals surface area (Å²) in [5.74, 6) is 0.576. The zero-order valence-corrected chi connectivity index (χ0v) is 9.37. The number of phenolic OH excluding ortho intramolecular Hbond substituents is 1. The van der Waals surface area contributed by atoms with Crippen LogP contribution in [0, 0.1) is 13.8 Å². The van der Waals surface area contributed by atoms with Gasteiger partial charge in [-0.25, -0.2) is 0 Å². The smallest absolute Gasteiger partial charge is 0.163 e. The van der Waals surface area contributed by atoms with Gasteiger partial charge in [0.2, 0.25) is 0 Å². The van der Waals surface area contributed by atoms with Gasteiger partial charge in [0.15, 0.2) is 11.5 Å². The number of hydrogen-bond acceptors (Lipinski definition) is 4. The molecule has 0 amide bonds. The number of hydrogen-bond donors (Lipinski definition) is 3. The van der Waals surface area contributed by atoms with E-state index in [0.717, 1.165) is 11.1 Å². The summed E-state index contributed by atoms with van der Waals surface area (Å²) < 4.78 is 5.15. The van der Waals surface area contributed by atoms with Crippen molar-refractivity contribution in [2.45, 2.75) is 19.9 Å². The Morgan fingerprint density at radius 2 is 2.07 bits per heavy atom. The average Bonchev–Trinajstić information content (AvgIpc) is 2.23. The standard InChI is InChI=1S/C11H18N2O2/c1-6-4-8(9(13)5-12)10(14)11(15-3)7(6)2/h4,9,14H,5,12-13H2,1-3H3/t9-/m1/s1. The molecular formula is C11H18N2O2.